The van der Waals surface area contributed by atoms with Crippen molar-refractivity contribution in [3.05, 3.63) is 77.1 Å². The Labute approximate surface area is 184 Å². The minimum atomic E-state index is -0.668. The van der Waals surface area contributed by atoms with Crippen LogP contribution in [0.2, 0.25) is 5.02 Å². The molecular weight excluding hydrogens is 418 g/mol. The minimum absolute atomic E-state index is 0.0924. The topological polar surface area (TPSA) is 90.2 Å². The Bertz CT molecular complexity index is 1020. The molecule has 31 heavy (non-hydrogen) atoms. The highest BCUT2D eigenvalue weighted by atomic mass is 35.5. The number of benzene rings is 2. The number of nitrogens with zero attached hydrogens (tertiary/aromatic N) is 5. The van der Waals surface area contributed by atoms with E-state index in [9.17, 15) is 9.59 Å². The third-order valence-corrected chi connectivity index (χ3v) is 5.74. The predicted octanol–water partition coefficient (Wildman–Crippen LogP) is 3.80. The van der Waals surface area contributed by atoms with E-state index in [-0.39, 0.29) is 18.2 Å². The summed E-state index contributed by atoms with van der Waals surface area (Å²) in [6, 6.07) is 16.5. The van der Waals surface area contributed by atoms with Gasteiger partial charge in [-0.25, -0.2) is 4.79 Å². The fourth-order valence-electron chi connectivity index (χ4n) is 3.71. The fourth-order valence-corrected chi connectivity index (χ4v) is 3.97. The number of carbonyl (C=O) groups excluding carboxylic acids is 2. The van der Waals surface area contributed by atoms with Gasteiger partial charge in [0.1, 0.15) is 6.54 Å². The van der Waals surface area contributed by atoms with Crippen LogP contribution in [0, 0.1) is 5.92 Å². The molecule has 0 spiro atoms. The van der Waals surface area contributed by atoms with Gasteiger partial charge in [-0.05, 0) is 24.1 Å². The van der Waals surface area contributed by atoms with Crippen LogP contribution in [0.25, 0.3) is 0 Å². The Balaban J connectivity index is 1.40. The molecule has 4 rings (SSSR count). The van der Waals surface area contributed by atoms with Gasteiger partial charge in [-0.2, -0.15) is 4.80 Å². The monoisotopic (exact) mass is 439 g/mol. The van der Waals surface area contributed by atoms with Gasteiger partial charge in [-0.15, -0.1) is 10.2 Å². The number of piperidine rings is 1. The third-order valence-electron chi connectivity index (χ3n) is 5.40. The number of rotatable bonds is 6. The normalized spacial score (nSPS) is 15.5. The second kappa shape index (κ2) is 9.70. The summed E-state index contributed by atoms with van der Waals surface area (Å²) in [5.74, 6) is 0.0324. The lowest BCUT2D eigenvalue weighted by Gasteiger charge is -2.32. The first-order valence-electron chi connectivity index (χ1n) is 10.1. The standard InChI is InChI=1S/C22H22ClN5O3/c23-19-9-5-4-8-18(19)20(14-28-25-15-24-26-28)31-22(30)27-12-10-17(11-13-27)21(29)16-6-2-1-3-7-16/h1-9,15,17,20H,10-14H2. The van der Waals surface area contributed by atoms with E-state index in [1.807, 2.05) is 48.5 Å². The van der Waals surface area contributed by atoms with Crippen molar-refractivity contribution in [1.82, 2.24) is 25.1 Å². The van der Waals surface area contributed by atoms with Gasteiger partial charge < -0.3 is 9.64 Å². The van der Waals surface area contributed by atoms with Gasteiger partial charge in [0.05, 0.1) is 0 Å². The molecule has 1 aliphatic heterocycles. The Morgan fingerprint density at radius 1 is 1.06 bits per heavy atom. The molecule has 0 saturated carbocycles. The lowest BCUT2D eigenvalue weighted by Crippen LogP contribution is -2.41. The van der Waals surface area contributed by atoms with E-state index in [0.717, 1.165) is 0 Å². The molecule has 1 amide bonds. The van der Waals surface area contributed by atoms with E-state index >= 15 is 0 Å². The van der Waals surface area contributed by atoms with Crippen LogP contribution in [0.1, 0.15) is 34.9 Å². The van der Waals surface area contributed by atoms with Crippen molar-refractivity contribution >= 4 is 23.5 Å². The molecule has 3 aromatic rings. The van der Waals surface area contributed by atoms with Gasteiger partial charge in [0, 0.05) is 35.2 Å². The van der Waals surface area contributed by atoms with E-state index < -0.39 is 12.2 Å². The van der Waals surface area contributed by atoms with Crippen molar-refractivity contribution < 1.29 is 14.3 Å². The van der Waals surface area contributed by atoms with Gasteiger partial charge in [-0.1, -0.05) is 60.1 Å². The highest BCUT2D eigenvalue weighted by Crippen LogP contribution is 2.28. The first-order chi connectivity index (χ1) is 15.1. The Kier molecular flexibility index (Phi) is 6.57. The first kappa shape index (κ1) is 21.0. The molecule has 160 valence electrons. The van der Waals surface area contributed by atoms with Crippen molar-refractivity contribution in [3.8, 4) is 0 Å². The summed E-state index contributed by atoms with van der Waals surface area (Å²) >= 11 is 6.33. The van der Waals surface area contributed by atoms with E-state index in [0.29, 0.717) is 42.1 Å². The van der Waals surface area contributed by atoms with E-state index in [1.54, 1.807) is 11.0 Å². The van der Waals surface area contributed by atoms with Gasteiger partial charge >= 0.3 is 6.09 Å². The van der Waals surface area contributed by atoms with Crippen LogP contribution in [-0.4, -0.2) is 50.1 Å². The van der Waals surface area contributed by atoms with Gasteiger partial charge in [0.25, 0.3) is 0 Å². The van der Waals surface area contributed by atoms with Gasteiger partial charge in [-0.3, -0.25) is 4.79 Å². The molecule has 0 bridgehead atoms. The van der Waals surface area contributed by atoms with Gasteiger partial charge in [0.2, 0.25) is 0 Å². The second-order valence-electron chi connectivity index (χ2n) is 7.38. The zero-order chi connectivity index (χ0) is 21.6. The molecule has 0 N–H and O–H groups in total. The van der Waals surface area contributed by atoms with Crippen molar-refractivity contribution in [1.29, 1.82) is 0 Å². The van der Waals surface area contributed by atoms with Gasteiger partial charge in [0.15, 0.2) is 18.2 Å². The number of hydrogen-bond acceptors (Lipinski definition) is 6. The Hall–Kier alpha value is -3.26. The maximum atomic E-state index is 12.9. The maximum Gasteiger partial charge on any atom is 0.410 e. The lowest BCUT2D eigenvalue weighted by molar-refractivity contribution is 0.0408. The number of tetrazole rings is 1. The van der Waals surface area contributed by atoms with Crippen LogP contribution in [-0.2, 0) is 11.3 Å². The number of carbonyl (C=O) groups is 2. The number of aromatic nitrogens is 4. The summed E-state index contributed by atoms with van der Waals surface area (Å²) < 4.78 is 5.80. The lowest BCUT2D eigenvalue weighted by atomic mass is 9.89. The summed E-state index contributed by atoms with van der Waals surface area (Å²) in [5, 5.41) is 12.0. The number of Topliss-reactive ketones (excluding diaryl/α,β-unsaturated/α-hetero) is 1. The zero-order valence-electron chi connectivity index (χ0n) is 16.8. The smallest absolute Gasteiger partial charge is 0.410 e. The van der Waals surface area contributed by atoms with Crippen LogP contribution >= 0.6 is 11.6 Å². The molecule has 1 aliphatic rings. The minimum Gasteiger partial charge on any atom is -0.439 e. The molecule has 8 nitrogen and oxygen atoms in total. The maximum absolute atomic E-state index is 12.9. The highest BCUT2D eigenvalue weighted by molar-refractivity contribution is 6.31. The molecular formula is C22H22ClN5O3. The number of likely N-dealkylation sites (tertiary alicyclic amines) is 1. The van der Waals surface area contributed by atoms with Crippen LogP contribution in [0.15, 0.2) is 60.9 Å². The molecule has 1 atom stereocenters. The fraction of sp³-hybridized carbons (Fsp3) is 0.318. The second-order valence-corrected chi connectivity index (χ2v) is 7.78. The third kappa shape index (κ3) is 5.08. The number of ether oxygens (including phenoxy) is 1. The summed E-state index contributed by atoms with van der Waals surface area (Å²) in [4.78, 5) is 28.5. The molecule has 1 aromatic heterocycles. The zero-order valence-corrected chi connectivity index (χ0v) is 17.6. The molecule has 1 fully saturated rings. The van der Waals surface area contributed by atoms with Crippen LogP contribution in [0.4, 0.5) is 4.79 Å². The molecule has 2 heterocycles. The summed E-state index contributed by atoms with van der Waals surface area (Å²) in [6.07, 6.45) is 1.41. The van der Waals surface area contributed by atoms with Crippen LogP contribution in [0.5, 0.6) is 0 Å². The van der Waals surface area contributed by atoms with Crippen LogP contribution < -0.4 is 0 Å². The Morgan fingerprint density at radius 2 is 1.77 bits per heavy atom. The van der Waals surface area contributed by atoms with E-state index in [2.05, 4.69) is 15.4 Å². The van der Waals surface area contributed by atoms with E-state index in [1.165, 1.54) is 11.1 Å². The number of ketones is 1. The van der Waals surface area contributed by atoms with Crippen molar-refractivity contribution in [2.75, 3.05) is 13.1 Å². The largest absolute Gasteiger partial charge is 0.439 e. The molecule has 0 radical (unpaired) electrons. The number of hydrogen-bond donors (Lipinski definition) is 0. The molecule has 9 heteroatoms. The first-order valence-corrected chi connectivity index (χ1v) is 10.5. The molecule has 0 aliphatic carbocycles. The quantitative estimate of drug-likeness (QED) is 0.542. The molecule has 1 saturated heterocycles. The van der Waals surface area contributed by atoms with E-state index in [4.69, 9.17) is 16.3 Å². The van der Waals surface area contributed by atoms with Crippen LogP contribution in [0.3, 0.4) is 0 Å². The average Bonchev–Trinajstić information content (AvgIpc) is 3.32. The SMILES string of the molecule is O=C(c1ccccc1)C1CCN(C(=O)OC(Cn2ncnn2)c2ccccc2Cl)CC1. The predicted molar refractivity (Wildman–Crippen MR) is 114 cm³/mol. The highest BCUT2D eigenvalue weighted by Gasteiger charge is 2.30. The molecule has 2 aromatic carbocycles. The van der Waals surface area contributed by atoms with Crippen molar-refractivity contribution in [3.63, 3.8) is 0 Å². The average molecular weight is 440 g/mol. The Morgan fingerprint density at radius 3 is 2.45 bits per heavy atom. The summed E-state index contributed by atoms with van der Waals surface area (Å²) in [5.41, 5.74) is 1.38. The number of amides is 1. The number of halogens is 1. The van der Waals surface area contributed by atoms with Crippen molar-refractivity contribution in [2.24, 2.45) is 5.92 Å². The summed E-state index contributed by atoms with van der Waals surface area (Å²) in [6.45, 7) is 1.11. The van der Waals surface area contributed by atoms with Crippen molar-refractivity contribution in [2.45, 2.75) is 25.5 Å². The summed E-state index contributed by atoms with van der Waals surface area (Å²) in [7, 11) is 0. The molecule has 1 unspecified atom stereocenters.